The summed E-state index contributed by atoms with van der Waals surface area (Å²) >= 11 is 0. The third-order valence-corrected chi connectivity index (χ3v) is 11.7. The Morgan fingerprint density at radius 3 is 2.55 bits per heavy atom. The molecular weight excluding hydrogens is 616 g/mol. The van der Waals surface area contributed by atoms with Gasteiger partial charge in [-0.1, -0.05) is 0 Å². The summed E-state index contributed by atoms with van der Waals surface area (Å²) in [7, 11) is 2.53. The average Bonchev–Trinajstić information content (AvgIpc) is 3.79. The molecule has 13 nitrogen and oxygen atoms in total. The van der Waals surface area contributed by atoms with E-state index in [1.165, 1.54) is 25.2 Å². The van der Waals surface area contributed by atoms with Crippen molar-refractivity contribution < 1.29 is 13.2 Å². The maximum absolute atomic E-state index is 12.7. The van der Waals surface area contributed by atoms with E-state index in [0.717, 1.165) is 59.2 Å². The molecule has 1 atom stereocenters. The fourth-order valence-electron chi connectivity index (χ4n) is 6.66. The van der Waals surface area contributed by atoms with Crippen molar-refractivity contribution in [1.82, 2.24) is 39.7 Å². The van der Waals surface area contributed by atoms with Crippen molar-refractivity contribution in [2.24, 2.45) is 11.7 Å². The van der Waals surface area contributed by atoms with E-state index in [-0.39, 0.29) is 11.4 Å². The van der Waals surface area contributed by atoms with Crippen LogP contribution in [0, 0.1) is 5.92 Å². The standard InChI is InChI=1S/C33H44N10O3S/c1-41(2)18-22-4-6-24(7-5-22)39-30-14-33(34,37-17-28(30)29-11-8-25(16-36-29)42-20-26(21-42)46-3)31-12-13-35-32(40-31)23-15-38-43(19-23)47(44,45)27-9-10-27/h8,11-17,19,22,24,26-27,37,39H,4-7,9-10,18,20-21,34H2,1-3H3. The highest BCUT2D eigenvalue weighted by Gasteiger charge is 2.38. The van der Waals surface area contributed by atoms with Crippen molar-refractivity contribution in [2.45, 2.75) is 61.6 Å². The molecule has 0 bridgehead atoms. The van der Waals surface area contributed by atoms with E-state index in [1.807, 2.05) is 24.5 Å². The fourth-order valence-corrected chi connectivity index (χ4v) is 8.13. The number of hydrogen-bond acceptors (Lipinski definition) is 12. The lowest BCUT2D eigenvalue weighted by Crippen LogP contribution is -2.52. The molecule has 7 rings (SSSR count). The van der Waals surface area contributed by atoms with Crippen molar-refractivity contribution in [1.29, 1.82) is 0 Å². The molecule has 2 aliphatic carbocycles. The first-order chi connectivity index (χ1) is 22.6. The van der Waals surface area contributed by atoms with Crippen molar-refractivity contribution in [3.63, 3.8) is 0 Å². The van der Waals surface area contributed by atoms with Gasteiger partial charge in [0.15, 0.2) is 11.5 Å². The molecule has 0 amide bonds. The van der Waals surface area contributed by atoms with Gasteiger partial charge in [0, 0.05) is 56.5 Å². The van der Waals surface area contributed by atoms with E-state index in [4.69, 9.17) is 20.4 Å². The summed E-state index contributed by atoms with van der Waals surface area (Å²) in [6.45, 7) is 2.83. The topological polar surface area (TPSA) is 156 Å². The molecule has 1 unspecified atom stereocenters. The van der Waals surface area contributed by atoms with Crippen LogP contribution in [0.15, 0.2) is 61.0 Å². The monoisotopic (exact) mass is 660 g/mol. The summed E-state index contributed by atoms with van der Waals surface area (Å²) in [6, 6.07) is 6.22. The quantitative estimate of drug-likeness (QED) is 0.276. The van der Waals surface area contributed by atoms with Gasteiger partial charge in [-0.25, -0.2) is 18.4 Å². The number of rotatable bonds is 11. The summed E-state index contributed by atoms with van der Waals surface area (Å²) in [5, 5.41) is 11.0. The number of hydrogen-bond donors (Lipinski definition) is 3. The number of methoxy groups -OCH3 is 1. The maximum atomic E-state index is 12.7. The van der Waals surface area contributed by atoms with Gasteiger partial charge in [0.25, 0.3) is 10.0 Å². The number of pyridine rings is 1. The predicted molar refractivity (Wildman–Crippen MR) is 180 cm³/mol. The van der Waals surface area contributed by atoms with Crippen LogP contribution in [0.2, 0.25) is 0 Å². The first-order valence-corrected chi connectivity index (χ1v) is 17.9. The normalized spacial score (nSPS) is 25.2. The number of anilines is 1. The second-order valence-corrected chi connectivity index (χ2v) is 15.6. The molecule has 3 aromatic rings. The highest BCUT2D eigenvalue weighted by atomic mass is 32.2. The molecule has 0 aromatic carbocycles. The lowest BCUT2D eigenvalue weighted by atomic mass is 9.85. The second kappa shape index (κ2) is 12.6. The molecule has 2 saturated carbocycles. The van der Waals surface area contributed by atoms with Crippen LogP contribution in [0.3, 0.4) is 0 Å². The van der Waals surface area contributed by atoms with Crippen LogP contribution in [-0.2, 0) is 20.4 Å². The molecule has 4 N–H and O–H groups in total. The number of aromatic nitrogens is 5. The molecule has 250 valence electrons. The molecule has 3 fully saturated rings. The number of nitrogens with one attached hydrogen (secondary N) is 2. The zero-order valence-electron chi connectivity index (χ0n) is 27.2. The van der Waals surface area contributed by atoms with Crippen LogP contribution in [0.25, 0.3) is 17.0 Å². The van der Waals surface area contributed by atoms with Crippen molar-refractivity contribution in [3.05, 3.63) is 72.3 Å². The number of dihydropyridines is 1. The van der Waals surface area contributed by atoms with Crippen molar-refractivity contribution in [2.75, 3.05) is 45.7 Å². The molecule has 14 heteroatoms. The molecule has 5 heterocycles. The second-order valence-electron chi connectivity index (χ2n) is 13.5. The Balaban J connectivity index is 1.15. The summed E-state index contributed by atoms with van der Waals surface area (Å²) in [5.74, 6) is 1.05. The first-order valence-electron chi connectivity index (χ1n) is 16.4. The molecule has 3 aromatic heterocycles. The third kappa shape index (κ3) is 6.64. The smallest absolute Gasteiger partial charge is 0.256 e. The molecule has 47 heavy (non-hydrogen) atoms. The van der Waals surface area contributed by atoms with E-state index < -0.39 is 15.7 Å². The summed E-state index contributed by atoms with van der Waals surface area (Å²) < 4.78 is 31.9. The van der Waals surface area contributed by atoms with Gasteiger partial charge in [-0.3, -0.25) is 4.98 Å². The van der Waals surface area contributed by atoms with Crippen LogP contribution in [0.1, 0.15) is 49.9 Å². The van der Waals surface area contributed by atoms with Gasteiger partial charge in [0.05, 0.1) is 52.6 Å². The minimum Gasteiger partial charge on any atom is -0.382 e. The molecule has 0 radical (unpaired) electrons. The largest absolute Gasteiger partial charge is 0.382 e. The van der Waals surface area contributed by atoms with Crippen LogP contribution < -0.4 is 21.3 Å². The Morgan fingerprint density at radius 1 is 1.09 bits per heavy atom. The van der Waals surface area contributed by atoms with E-state index in [0.29, 0.717) is 41.9 Å². The van der Waals surface area contributed by atoms with Crippen LogP contribution in [0.5, 0.6) is 0 Å². The molecule has 4 aliphatic rings. The Hall–Kier alpha value is -3.85. The minimum atomic E-state index is -3.50. The zero-order chi connectivity index (χ0) is 32.8. The number of ether oxygens (including phenoxy) is 1. The minimum absolute atomic E-state index is 0.262. The summed E-state index contributed by atoms with van der Waals surface area (Å²) in [5.41, 5.74) is 10.7. The van der Waals surface area contributed by atoms with Crippen LogP contribution >= 0.6 is 0 Å². The van der Waals surface area contributed by atoms with E-state index in [2.05, 4.69) is 50.7 Å². The molecule has 2 aliphatic heterocycles. The van der Waals surface area contributed by atoms with Crippen LogP contribution in [0.4, 0.5) is 5.69 Å². The SMILES string of the molecule is COC1CN(c2ccc(C3=CNC(N)(c4ccnc(-c5cnn(S(=O)(=O)C6CC6)c5)n4)C=C3NC3CCC(CN(C)C)CC3)nc2)C1. The van der Waals surface area contributed by atoms with Gasteiger partial charge in [-0.2, -0.15) is 9.19 Å². The summed E-state index contributed by atoms with van der Waals surface area (Å²) in [6.07, 6.45) is 16.5. The van der Waals surface area contributed by atoms with E-state index >= 15 is 0 Å². The predicted octanol–water partition coefficient (Wildman–Crippen LogP) is 2.26. The van der Waals surface area contributed by atoms with Gasteiger partial charge in [-0.05, 0) is 82.8 Å². The Labute approximate surface area is 276 Å². The highest BCUT2D eigenvalue weighted by Crippen LogP contribution is 2.34. The molecule has 0 spiro atoms. The maximum Gasteiger partial charge on any atom is 0.256 e. The highest BCUT2D eigenvalue weighted by molar-refractivity contribution is 7.90. The molecular formula is C33H44N10O3S. The Bertz CT molecular complexity index is 1750. The van der Waals surface area contributed by atoms with Gasteiger partial charge in [-0.15, -0.1) is 0 Å². The number of allylic oxidation sites excluding steroid dienone is 1. The zero-order valence-corrected chi connectivity index (χ0v) is 28.0. The van der Waals surface area contributed by atoms with Gasteiger partial charge < -0.3 is 30.9 Å². The molecule has 1 saturated heterocycles. The lowest BCUT2D eigenvalue weighted by Gasteiger charge is -2.39. The fraction of sp³-hybridized carbons (Fsp3) is 0.515. The Morgan fingerprint density at radius 2 is 1.87 bits per heavy atom. The first kappa shape index (κ1) is 31.7. The Kier molecular flexibility index (Phi) is 8.53. The average molecular weight is 661 g/mol. The lowest BCUT2D eigenvalue weighted by molar-refractivity contribution is 0.0787. The van der Waals surface area contributed by atoms with E-state index in [9.17, 15) is 8.42 Å². The summed E-state index contributed by atoms with van der Waals surface area (Å²) in [4.78, 5) is 18.6. The van der Waals surface area contributed by atoms with Crippen molar-refractivity contribution in [3.8, 4) is 11.4 Å². The number of nitrogens with zero attached hydrogens (tertiary/aromatic N) is 7. The van der Waals surface area contributed by atoms with Crippen molar-refractivity contribution >= 4 is 21.3 Å². The van der Waals surface area contributed by atoms with E-state index in [1.54, 1.807) is 19.4 Å². The van der Waals surface area contributed by atoms with Crippen LogP contribution in [-0.4, -0.2) is 95.7 Å². The van der Waals surface area contributed by atoms with Gasteiger partial charge in [0.2, 0.25) is 0 Å². The van der Waals surface area contributed by atoms with Gasteiger partial charge >= 0.3 is 0 Å². The third-order valence-electron chi connectivity index (χ3n) is 9.62. The van der Waals surface area contributed by atoms with Gasteiger partial charge in [0.1, 0.15) is 0 Å². The number of nitrogens with two attached hydrogens (primary N) is 1.